The molecule has 1 N–H and O–H groups in total. The van der Waals surface area contributed by atoms with Crippen molar-refractivity contribution in [2.75, 3.05) is 20.8 Å². The second-order valence-electron chi connectivity index (χ2n) is 4.42. The number of nitrogens with one attached hydrogen (secondary N) is 1. The molecule has 0 saturated carbocycles. The lowest BCUT2D eigenvalue weighted by Crippen LogP contribution is -2.23. The number of esters is 2. The number of carbonyl (C=O) groups excluding carboxylic acids is 2. The molecule has 0 aromatic heterocycles. The highest BCUT2D eigenvalue weighted by Crippen LogP contribution is 2.25. The summed E-state index contributed by atoms with van der Waals surface area (Å²) in [6.45, 7) is 0.193. The van der Waals surface area contributed by atoms with Crippen LogP contribution in [0.2, 0.25) is 0 Å². The van der Waals surface area contributed by atoms with Crippen molar-refractivity contribution < 1.29 is 32.2 Å². The summed E-state index contributed by atoms with van der Waals surface area (Å²) < 4.78 is 40.7. The Bertz CT molecular complexity index is 698. The van der Waals surface area contributed by atoms with Crippen LogP contribution < -0.4 is 9.46 Å². The first kappa shape index (κ1) is 16.2. The monoisotopic (exact) mass is 329 g/mol. The van der Waals surface area contributed by atoms with Gasteiger partial charge >= 0.3 is 11.9 Å². The van der Waals surface area contributed by atoms with Crippen molar-refractivity contribution in [2.24, 2.45) is 0 Å². The highest BCUT2D eigenvalue weighted by atomic mass is 32.2. The van der Waals surface area contributed by atoms with Crippen LogP contribution in [0.1, 0.15) is 16.8 Å². The smallest absolute Gasteiger partial charge is 0.347 e. The maximum absolute atomic E-state index is 12.0. The number of ether oxygens (including phenoxy) is 3. The minimum Gasteiger partial charge on any atom is -0.495 e. The van der Waals surface area contributed by atoms with Crippen molar-refractivity contribution >= 4 is 22.0 Å². The molecule has 9 heteroatoms. The molecule has 1 aliphatic heterocycles. The Morgan fingerprint density at radius 3 is 2.68 bits per heavy atom. The van der Waals surface area contributed by atoms with E-state index in [1.165, 1.54) is 26.3 Å². The van der Waals surface area contributed by atoms with Gasteiger partial charge in [-0.3, -0.25) is 0 Å². The predicted molar refractivity (Wildman–Crippen MR) is 74.0 cm³/mol. The Balaban J connectivity index is 2.30. The highest BCUT2D eigenvalue weighted by molar-refractivity contribution is 7.89. The van der Waals surface area contributed by atoms with Crippen molar-refractivity contribution in [2.45, 2.75) is 17.4 Å². The lowest BCUT2D eigenvalue weighted by atomic mass is 10.2. The van der Waals surface area contributed by atoms with Gasteiger partial charge in [0.1, 0.15) is 10.6 Å². The Morgan fingerprint density at radius 2 is 2.14 bits per heavy atom. The van der Waals surface area contributed by atoms with E-state index in [4.69, 9.17) is 14.2 Å². The number of hydrogen-bond acceptors (Lipinski definition) is 7. The zero-order chi connectivity index (χ0) is 16.3. The summed E-state index contributed by atoms with van der Waals surface area (Å²) in [4.78, 5) is 23.1. The Hall–Kier alpha value is -2.13. The zero-order valence-corrected chi connectivity index (χ0v) is 12.8. The fourth-order valence-electron chi connectivity index (χ4n) is 1.91. The third-order valence-corrected chi connectivity index (χ3v) is 4.53. The minimum atomic E-state index is -3.81. The van der Waals surface area contributed by atoms with E-state index in [2.05, 4.69) is 4.72 Å². The normalized spacial score (nSPS) is 17.9. The average molecular weight is 329 g/mol. The molecule has 2 rings (SSSR count). The van der Waals surface area contributed by atoms with E-state index < -0.39 is 28.1 Å². The fourth-order valence-corrected chi connectivity index (χ4v) is 2.82. The topological polar surface area (TPSA) is 108 Å². The van der Waals surface area contributed by atoms with Crippen LogP contribution in [0.5, 0.6) is 5.75 Å². The van der Waals surface area contributed by atoms with Gasteiger partial charge in [-0.1, -0.05) is 0 Å². The van der Waals surface area contributed by atoms with E-state index >= 15 is 0 Å². The highest BCUT2D eigenvalue weighted by Gasteiger charge is 2.31. The molecule has 8 nitrogen and oxygen atoms in total. The molecular weight excluding hydrogens is 314 g/mol. The molecule has 0 amide bonds. The van der Waals surface area contributed by atoms with E-state index in [1.807, 2.05) is 0 Å². The first-order chi connectivity index (χ1) is 10.4. The first-order valence-corrected chi connectivity index (χ1v) is 7.86. The molecule has 1 aromatic carbocycles. The molecule has 1 fully saturated rings. The van der Waals surface area contributed by atoms with Crippen LogP contribution in [-0.2, 0) is 24.3 Å². The number of rotatable bonds is 5. The average Bonchev–Trinajstić information content (AvgIpc) is 2.91. The molecule has 22 heavy (non-hydrogen) atoms. The van der Waals surface area contributed by atoms with Gasteiger partial charge in [-0.05, 0) is 25.2 Å². The molecule has 0 spiro atoms. The zero-order valence-electron chi connectivity index (χ0n) is 12.0. The maximum atomic E-state index is 12.0. The lowest BCUT2D eigenvalue weighted by Gasteiger charge is -2.12. The van der Waals surface area contributed by atoms with Gasteiger partial charge in [0.05, 0.1) is 19.3 Å². The van der Waals surface area contributed by atoms with Crippen molar-refractivity contribution in [3.63, 3.8) is 0 Å². The van der Waals surface area contributed by atoms with Gasteiger partial charge in [-0.25, -0.2) is 22.7 Å². The third-order valence-electron chi connectivity index (χ3n) is 3.09. The van der Waals surface area contributed by atoms with E-state index in [-0.39, 0.29) is 29.2 Å². The molecular formula is C13H15NO7S. The summed E-state index contributed by atoms with van der Waals surface area (Å²) >= 11 is 0. The molecule has 1 saturated heterocycles. The standard InChI is InChI=1S/C13H15NO7S/c1-14-22(17,18)11-7-8(3-4-9(11)19-2)12(15)21-10-5-6-20-13(10)16/h3-4,7,10,14H,5-6H2,1-2H3/t10-/m0/s1. The number of methoxy groups -OCH3 is 1. The second kappa shape index (κ2) is 6.32. The largest absolute Gasteiger partial charge is 0.495 e. The van der Waals surface area contributed by atoms with E-state index in [9.17, 15) is 18.0 Å². The summed E-state index contributed by atoms with van der Waals surface area (Å²) in [5.41, 5.74) is -0.00525. The summed E-state index contributed by atoms with van der Waals surface area (Å²) in [5.74, 6) is -1.32. The summed E-state index contributed by atoms with van der Waals surface area (Å²) in [7, 11) is -1.25. The van der Waals surface area contributed by atoms with E-state index in [0.29, 0.717) is 0 Å². The van der Waals surface area contributed by atoms with Gasteiger partial charge in [0.2, 0.25) is 16.1 Å². The van der Waals surface area contributed by atoms with Crippen LogP contribution in [0.25, 0.3) is 0 Å². The minimum absolute atomic E-state index is 0.00525. The number of cyclic esters (lactones) is 1. The SMILES string of the molecule is CNS(=O)(=O)c1cc(C(=O)O[C@H]2CCOC2=O)ccc1OC. The molecule has 0 unspecified atom stereocenters. The number of sulfonamides is 1. The predicted octanol–water partition coefficient (Wildman–Crippen LogP) is 0.0756. The second-order valence-corrected chi connectivity index (χ2v) is 6.28. The summed E-state index contributed by atoms with van der Waals surface area (Å²) in [6.07, 6.45) is -0.679. The maximum Gasteiger partial charge on any atom is 0.347 e. The van der Waals surface area contributed by atoms with Crippen LogP contribution in [0.4, 0.5) is 0 Å². The van der Waals surface area contributed by atoms with Crippen LogP contribution in [0.15, 0.2) is 23.1 Å². The molecule has 1 atom stereocenters. The van der Waals surface area contributed by atoms with Crippen molar-refractivity contribution in [3.05, 3.63) is 23.8 Å². The van der Waals surface area contributed by atoms with E-state index in [1.54, 1.807) is 0 Å². The van der Waals surface area contributed by atoms with Gasteiger partial charge in [-0.2, -0.15) is 0 Å². The Morgan fingerprint density at radius 1 is 1.41 bits per heavy atom. The van der Waals surface area contributed by atoms with Gasteiger partial charge < -0.3 is 14.2 Å². The lowest BCUT2D eigenvalue weighted by molar-refractivity contribution is -0.145. The number of benzene rings is 1. The molecule has 0 aliphatic carbocycles. The van der Waals surface area contributed by atoms with Crippen molar-refractivity contribution in [1.82, 2.24) is 4.72 Å². The summed E-state index contributed by atoms with van der Waals surface area (Å²) in [6, 6.07) is 3.83. The molecule has 120 valence electrons. The van der Waals surface area contributed by atoms with Crippen LogP contribution in [-0.4, -0.2) is 47.2 Å². The number of carbonyl (C=O) groups is 2. The van der Waals surface area contributed by atoms with Crippen molar-refractivity contribution in [3.8, 4) is 5.75 Å². The molecule has 0 radical (unpaired) electrons. The molecule has 1 heterocycles. The molecule has 0 bridgehead atoms. The van der Waals surface area contributed by atoms with Gasteiger partial charge in [0.15, 0.2) is 0 Å². The Labute approximate surface area is 127 Å². The number of hydrogen-bond donors (Lipinski definition) is 1. The van der Waals surface area contributed by atoms with Gasteiger partial charge in [0, 0.05) is 6.42 Å². The van der Waals surface area contributed by atoms with Crippen LogP contribution in [0.3, 0.4) is 0 Å². The van der Waals surface area contributed by atoms with Crippen LogP contribution >= 0.6 is 0 Å². The van der Waals surface area contributed by atoms with Gasteiger partial charge in [-0.15, -0.1) is 0 Å². The van der Waals surface area contributed by atoms with Crippen LogP contribution in [0, 0.1) is 0 Å². The quantitative estimate of drug-likeness (QED) is 0.762. The third kappa shape index (κ3) is 3.20. The van der Waals surface area contributed by atoms with Gasteiger partial charge in [0.25, 0.3) is 0 Å². The molecule has 1 aromatic rings. The first-order valence-electron chi connectivity index (χ1n) is 6.38. The summed E-state index contributed by atoms with van der Waals surface area (Å²) in [5, 5.41) is 0. The fraction of sp³-hybridized carbons (Fsp3) is 0.385. The Kier molecular flexibility index (Phi) is 4.67. The molecule has 1 aliphatic rings. The van der Waals surface area contributed by atoms with E-state index in [0.717, 1.165) is 6.07 Å². The van der Waals surface area contributed by atoms with Crippen molar-refractivity contribution in [1.29, 1.82) is 0 Å².